The molecule has 1 heterocycles. The number of fused-ring (bicyclic) bond motifs is 8. The van der Waals surface area contributed by atoms with Crippen molar-refractivity contribution < 1.29 is 18.9 Å². The fraction of sp³-hybridized carbons (Fsp3) is 0.362. The average Bonchev–Trinajstić information content (AvgIpc) is 3.40. The molecule has 0 atom stereocenters. The van der Waals surface area contributed by atoms with Gasteiger partial charge in [0.1, 0.15) is 23.0 Å². The first kappa shape index (κ1) is 31.1. The molecule has 1 aliphatic heterocycles. The first-order chi connectivity index (χ1) is 24.8. The minimum absolute atomic E-state index is 0.182. The lowest BCUT2D eigenvalue weighted by molar-refractivity contribution is -0.00609. The summed E-state index contributed by atoms with van der Waals surface area (Å²) >= 11 is 0. The molecule has 4 nitrogen and oxygen atoms in total. The van der Waals surface area contributed by atoms with Gasteiger partial charge in [-0.1, -0.05) is 68.5 Å². The van der Waals surface area contributed by atoms with Crippen molar-refractivity contribution >= 4 is 16.8 Å². The lowest BCUT2D eigenvalue weighted by Crippen LogP contribution is -2.48. The summed E-state index contributed by atoms with van der Waals surface area (Å²) in [4.78, 5) is 0. The normalized spacial score (nSPS) is 25.5. The van der Waals surface area contributed by atoms with E-state index in [2.05, 4.69) is 86.7 Å². The Morgan fingerprint density at radius 1 is 0.647 bits per heavy atom. The molecular weight excluding hydrogens is 629 g/mol. The molecule has 0 spiro atoms. The Balaban J connectivity index is 1.26. The van der Waals surface area contributed by atoms with Gasteiger partial charge in [0.05, 0.1) is 21.3 Å². The zero-order valence-electron chi connectivity index (χ0n) is 30.3. The molecule has 5 aliphatic carbocycles. The first-order valence-corrected chi connectivity index (χ1v) is 18.8. The quantitative estimate of drug-likeness (QED) is 0.180. The van der Waals surface area contributed by atoms with Crippen LogP contribution in [0.3, 0.4) is 0 Å². The summed E-state index contributed by atoms with van der Waals surface area (Å²) in [5, 5.41) is 2.39. The van der Waals surface area contributed by atoms with Crippen molar-refractivity contribution in [2.24, 2.45) is 17.8 Å². The molecule has 4 fully saturated rings. The van der Waals surface area contributed by atoms with Crippen molar-refractivity contribution in [2.75, 3.05) is 21.3 Å². The van der Waals surface area contributed by atoms with E-state index in [-0.39, 0.29) is 10.8 Å². The van der Waals surface area contributed by atoms with Crippen LogP contribution in [0.15, 0.2) is 91.0 Å². The van der Waals surface area contributed by atoms with Gasteiger partial charge >= 0.3 is 0 Å². The zero-order chi connectivity index (χ0) is 34.7. The van der Waals surface area contributed by atoms with Crippen LogP contribution in [0.5, 0.6) is 23.0 Å². The second-order valence-electron chi connectivity index (χ2n) is 16.6. The van der Waals surface area contributed by atoms with Crippen LogP contribution in [0.4, 0.5) is 0 Å². The lowest BCUT2D eigenvalue weighted by Gasteiger charge is -2.57. The fourth-order valence-electron chi connectivity index (χ4n) is 11.7. The number of hydrogen-bond acceptors (Lipinski definition) is 4. The summed E-state index contributed by atoms with van der Waals surface area (Å²) in [7, 11) is 5.28. The summed E-state index contributed by atoms with van der Waals surface area (Å²) in [6.07, 6.45) is 12.7. The van der Waals surface area contributed by atoms with Gasteiger partial charge in [0.2, 0.25) is 0 Å². The summed E-state index contributed by atoms with van der Waals surface area (Å²) in [6.45, 7) is 4.77. The summed E-state index contributed by atoms with van der Waals surface area (Å²) in [5.74, 6) is 6.07. The molecule has 5 aromatic rings. The van der Waals surface area contributed by atoms with E-state index in [0.717, 1.165) is 62.8 Å². The predicted octanol–water partition coefficient (Wildman–Crippen LogP) is 11.0. The number of benzene rings is 5. The molecule has 6 aliphatic rings. The number of rotatable bonds is 6. The summed E-state index contributed by atoms with van der Waals surface area (Å²) in [6, 6.07) is 30.5. The standard InChI is InChI=1S/C47H46O4/c1-45(2)39-9-7-6-8-35(39)42-37-23-40(46-25-28-20-29(26-46)22-30(21-28)27-46)41(50-5)24-38(37)44-36(43(42)45)18-19-47(51-44,31-10-14-33(48-3)15-11-31)32-12-16-34(49-4)17-13-32/h6-19,23-24,28-30H,20-22,25-27H2,1-5H3. The van der Waals surface area contributed by atoms with Gasteiger partial charge in [0, 0.05) is 33.1 Å². The van der Waals surface area contributed by atoms with Crippen LogP contribution < -0.4 is 18.9 Å². The molecule has 0 aromatic heterocycles. The van der Waals surface area contributed by atoms with Gasteiger partial charge in [-0.15, -0.1) is 0 Å². The van der Waals surface area contributed by atoms with E-state index < -0.39 is 5.60 Å². The molecule has 0 saturated heterocycles. The Hall–Kier alpha value is -4.70. The van der Waals surface area contributed by atoms with Crippen molar-refractivity contribution in [1.29, 1.82) is 0 Å². The van der Waals surface area contributed by atoms with Crippen molar-refractivity contribution in [1.82, 2.24) is 0 Å². The maximum Gasteiger partial charge on any atom is 0.178 e. The molecule has 11 rings (SSSR count). The van der Waals surface area contributed by atoms with Gasteiger partial charge < -0.3 is 18.9 Å². The average molecular weight is 675 g/mol. The molecule has 5 aromatic carbocycles. The van der Waals surface area contributed by atoms with Crippen LogP contribution >= 0.6 is 0 Å². The van der Waals surface area contributed by atoms with Gasteiger partial charge in [0.25, 0.3) is 0 Å². The molecule has 258 valence electrons. The number of ether oxygens (including phenoxy) is 4. The van der Waals surface area contributed by atoms with E-state index >= 15 is 0 Å². The number of hydrogen-bond donors (Lipinski definition) is 0. The Kier molecular flexibility index (Phi) is 6.64. The van der Waals surface area contributed by atoms with Crippen LogP contribution in [0.2, 0.25) is 0 Å². The van der Waals surface area contributed by atoms with E-state index in [1.807, 2.05) is 31.4 Å². The molecular formula is C47H46O4. The Bertz CT molecular complexity index is 2160. The predicted molar refractivity (Wildman–Crippen MR) is 204 cm³/mol. The maximum atomic E-state index is 7.63. The molecule has 0 amide bonds. The van der Waals surface area contributed by atoms with E-state index in [4.69, 9.17) is 18.9 Å². The van der Waals surface area contributed by atoms with Gasteiger partial charge in [0.15, 0.2) is 5.60 Å². The van der Waals surface area contributed by atoms with Gasteiger partial charge in [-0.05, 0) is 132 Å². The van der Waals surface area contributed by atoms with E-state index in [9.17, 15) is 0 Å². The lowest BCUT2D eigenvalue weighted by atomic mass is 9.48. The molecule has 0 unspecified atom stereocenters. The summed E-state index contributed by atoms with van der Waals surface area (Å²) in [5.41, 5.74) is 9.14. The third-order valence-corrected chi connectivity index (χ3v) is 13.5. The summed E-state index contributed by atoms with van der Waals surface area (Å²) < 4.78 is 25.2. The van der Waals surface area contributed by atoms with Gasteiger partial charge in [-0.2, -0.15) is 0 Å². The second kappa shape index (κ2) is 10.9. The van der Waals surface area contributed by atoms with Gasteiger partial charge in [-0.3, -0.25) is 0 Å². The first-order valence-electron chi connectivity index (χ1n) is 18.8. The third kappa shape index (κ3) is 4.31. The minimum atomic E-state index is -0.881. The van der Waals surface area contributed by atoms with E-state index in [0.29, 0.717) is 0 Å². The Morgan fingerprint density at radius 2 is 1.24 bits per heavy atom. The topological polar surface area (TPSA) is 36.9 Å². The second-order valence-corrected chi connectivity index (χ2v) is 16.6. The van der Waals surface area contributed by atoms with Crippen LogP contribution in [-0.4, -0.2) is 21.3 Å². The van der Waals surface area contributed by atoms with E-state index in [1.165, 1.54) is 71.7 Å². The van der Waals surface area contributed by atoms with Crippen LogP contribution in [0.1, 0.15) is 85.8 Å². The van der Waals surface area contributed by atoms with Crippen LogP contribution in [-0.2, 0) is 16.4 Å². The maximum absolute atomic E-state index is 7.63. The Morgan fingerprint density at radius 3 is 1.80 bits per heavy atom. The molecule has 0 N–H and O–H groups in total. The highest BCUT2D eigenvalue weighted by molar-refractivity contribution is 6.09. The van der Waals surface area contributed by atoms with Crippen LogP contribution in [0.25, 0.3) is 28.0 Å². The highest BCUT2D eigenvalue weighted by Crippen LogP contribution is 2.64. The molecule has 0 radical (unpaired) electrons. The van der Waals surface area contributed by atoms with Crippen molar-refractivity contribution in [2.45, 2.75) is 68.8 Å². The smallest absolute Gasteiger partial charge is 0.178 e. The third-order valence-electron chi connectivity index (χ3n) is 13.5. The highest BCUT2D eigenvalue weighted by atomic mass is 16.5. The zero-order valence-corrected chi connectivity index (χ0v) is 30.3. The molecule has 51 heavy (non-hydrogen) atoms. The largest absolute Gasteiger partial charge is 0.497 e. The molecule has 4 saturated carbocycles. The number of methoxy groups -OCH3 is 3. The SMILES string of the molecule is COc1ccc(C2(c3ccc(OC)cc3)C=Cc3c4c(c5cc(C67CC8CC(CC(C8)C6)C7)c(OC)cc5c3O2)-c2ccccc2C4(C)C)cc1. The van der Waals surface area contributed by atoms with Crippen molar-refractivity contribution in [3.63, 3.8) is 0 Å². The minimum Gasteiger partial charge on any atom is -0.497 e. The Labute approximate surface area is 301 Å². The van der Waals surface area contributed by atoms with Crippen molar-refractivity contribution in [3.05, 3.63) is 124 Å². The highest BCUT2D eigenvalue weighted by Gasteiger charge is 2.53. The monoisotopic (exact) mass is 674 g/mol. The van der Waals surface area contributed by atoms with E-state index in [1.54, 1.807) is 14.2 Å². The molecule has 4 bridgehead atoms. The van der Waals surface area contributed by atoms with Gasteiger partial charge in [-0.25, -0.2) is 0 Å². The fourth-order valence-corrected chi connectivity index (χ4v) is 11.7. The molecule has 4 heteroatoms. The van der Waals surface area contributed by atoms with Crippen LogP contribution in [0, 0.1) is 17.8 Å². The van der Waals surface area contributed by atoms with Crippen molar-refractivity contribution in [3.8, 4) is 34.1 Å².